The van der Waals surface area contributed by atoms with E-state index in [2.05, 4.69) is 0 Å². The van der Waals surface area contributed by atoms with E-state index < -0.39 is 5.00 Å². The zero-order valence-electron chi connectivity index (χ0n) is 4.52. The normalized spacial score (nSPS) is 15.2. The molecule has 0 aliphatic rings. The average Bonchev–Trinajstić information content (AvgIpc) is 1.68. The standard InChI is InChI=1S/C4H7ClN2.ClH/c1-2-4(5,7)3-6;/h2,7H2,1H3;1H/t4-;/m1./s1. The minimum absolute atomic E-state index is 0. The SMILES string of the molecule is CC[C@](N)(Cl)C#N.Cl. The van der Waals surface area contributed by atoms with Crippen molar-refractivity contribution < 1.29 is 0 Å². The molecule has 0 fully saturated rings. The fourth-order valence-electron chi connectivity index (χ4n) is 0.0791. The molecule has 0 aliphatic heterocycles. The van der Waals surface area contributed by atoms with Crippen molar-refractivity contribution in [1.82, 2.24) is 0 Å². The summed E-state index contributed by atoms with van der Waals surface area (Å²) in [7, 11) is 0. The Balaban J connectivity index is 0. The molecule has 0 spiro atoms. The highest BCUT2D eigenvalue weighted by molar-refractivity contribution is 6.25. The third-order valence-electron chi connectivity index (χ3n) is 0.700. The van der Waals surface area contributed by atoms with Gasteiger partial charge in [0, 0.05) is 0 Å². The summed E-state index contributed by atoms with van der Waals surface area (Å²) in [5, 5.41) is 8.09. The molecule has 0 radical (unpaired) electrons. The molecule has 0 aromatic carbocycles. The summed E-state index contributed by atoms with van der Waals surface area (Å²) in [6, 6.07) is 1.73. The van der Waals surface area contributed by atoms with Crippen molar-refractivity contribution in [3.05, 3.63) is 0 Å². The number of nitrogens with two attached hydrogens (primary N) is 1. The Hall–Kier alpha value is 0.0300. The third-order valence-corrected chi connectivity index (χ3v) is 1.05. The fraction of sp³-hybridized carbons (Fsp3) is 0.750. The molecule has 0 aliphatic carbocycles. The highest BCUT2D eigenvalue weighted by Gasteiger charge is 2.15. The molecule has 2 nitrogen and oxygen atoms in total. The summed E-state index contributed by atoms with van der Waals surface area (Å²) in [6.45, 7) is 1.76. The van der Waals surface area contributed by atoms with Crippen molar-refractivity contribution in [1.29, 1.82) is 5.26 Å². The van der Waals surface area contributed by atoms with Crippen LogP contribution in [0.25, 0.3) is 0 Å². The van der Waals surface area contributed by atoms with Crippen molar-refractivity contribution in [2.45, 2.75) is 18.3 Å². The summed E-state index contributed by atoms with van der Waals surface area (Å²) >= 11 is 5.32. The molecule has 8 heavy (non-hydrogen) atoms. The Morgan fingerprint density at radius 2 is 2.25 bits per heavy atom. The molecule has 0 amide bonds. The maximum atomic E-state index is 8.09. The van der Waals surface area contributed by atoms with E-state index in [0.29, 0.717) is 6.42 Å². The first-order valence-electron chi connectivity index (χ1n) is 2.01. The molecule has 0 aromatic heterocycles. The Kier molecular flexibility index (Phi) is 5.41. The van der Waals surface area contributed by atoms with Crippen molar-refractivity contribution in [3.63, 3.8) is 0 Å². The van der Waals surface area contributed by atoms with Crippen molar-refractivity contribution in [2.75, 3.05) is 0 Å². The van der Waals surface area contributed by atoms with Crippen molar-refractivity contribution >= 4 is 24.0 Å². The van der Waals surface area contributed by atoms with Gasteiger partial charge in [-0.05, 0) is 6.42 Å². The predicted molar refractivity (Wildman–Crippen MR) is 35.9 cm³/mol. The smallest absolute Gasteiger partial charge is 0.178 e. The van der Waals surface area contributed by atoms with E-state index in [1.807, 2.05) is 0 Å². The summed E-state index contributed by atoms with van der Waals surface area (Å²) in [6.07, 6.45) is 0.477. The van der Waals surface area contributed by atoms with E-state index in [0.717, 1.165) is 0 Å². The second kappa shape index (κ2) is 3.96. The van der Waals surface area contributed by atoms with E-state index >= 15 is 0 Å². The summed E-state index contributed by atoms with van der Waals surface area (Å²) in [4.78, 5) is -1.14. The van der Waals surface area contributed by atoms with Crippen LogP contribution in [-0.2, 0) is 0 Å². The number of nitrogens with zero attached hydrogens (tertiary/aromatic N) is 1. The lowest BCUT2D eigenvalue weighted by molar-refractivity contribution is 0.720. The maximum absolute atomic E-state index is 8.09. The molecule has 2 N–H and O–H groups in total. The number of rotatable bonds is 1. The Labute approximate surface area is 60.0 Å². The molecule has 0 heterocycles. The minimum atomic E-state index is -1.14. The molecular weight excluding hydrogens is 147 g/mol. The Bertz CT molecular complexity index is 94.7. The third kappa shape index (κ3) is 4.20. The van der Waals surface area contributed by atoms with E-state index in [9.17, 15) is 0 Å². The molecule has 0 aromatic rings. The molecule has 0 bridgehead atoms. The molecule has 48 valence electrons. The second-order valence-electron chi connectivity index (χ2n) is 1.33. The van der Waals surface area contributed by atoms with Crippen LogP contribution in [-0.4, -0.2) is 5.00 Å². The molecule has 0 rings (SSSR count). The topological polar surface area (TPSA) is 49.8 Å². The Morgan fingerprint density at radius 1 is 1.88 bits per heavy atom. The van der Waals surface area contributed by atoms with Crippen LogP contribution in [0.5, 0.6) is 0 Å². The zero-order chi connectivity index (χ0) is 5.91. The van der Waals surface area contributed by atoms with Crippen molar-refractivity contribution in [3.8, 4) is 6.07 Å². The first-order valence-corrected chi connectivity index (χ1v) is 2.39. The van der Waals surface area contributed by atoms with Crippen LogP contribution in [0.1, 0.15) is 13.3 Å². The number of hydrogen-bond donors (Lipinski definition) is 1. The molecule has 0 saturated heterocycles. The van der Waals surface area contributed by atoms with Gasteiger partial charge in [0.25, 0.3) is 0 Å². The average molecular weight is 155 g/mol. The first kappa shape index (κ1) is 10.9. The van der Waals surface area contributed by atoms with Gasteiger partial charge in [-0.1, -0.05) is 18.5 Å². The van der Waals surface area contributed by atoms with E-state index in [-0.39, 0.29) is 12.4 Å². The van der Waals surface area contributed by atoms with E-state index in [1.165, 1.54) is 0 Å². The van der Waals surface area contributed by atoms with Gasteiger partial charge in [-0.15, -0.1) is 12.4 Å². The minimum Gasteiger partial charge on any atom is -0.301 e. The van der Waals surface area contributed by atoms with Gasteiger partial charge in [0.05, 0.1) is 0 Å². The van der Waals surface area contributed by atoms with E-state index in [4.69, 9.17) is 22.6 Å². The van der Waals surface area contributed by atoms with Crippen LogP contribution in [0.3, 0.4) is 0 Å². The molecule has 0 unspecified atom stereocenters. The quantitative estimate of drug-likeness (QED) is 0.457. The van der Waals surface area contributed by atoms with Gasteiger partial charge in [0.15, 0.2) is 5.00 Å². The van der Waals surface area contributed by atoms with Crippen LogP contribution < -0.4 is 5.73 Å². The van der Waals surface area contributed by atoms with Crippen LogP contribution >= 0.6 is 24.0 Å². The highest BCUT2D eigenvalue weighted by atomic mass is 35.5. The van der Waals surface area contributed by atoms with Gasteiger partial charge in [0.1, 0.15) is 6.07 Å². The first-order chi connectivity index (χ1) is 3.12. The zero-order valence-corrected chi connectivity index (χ0v) is 6.09. The van der Waals surface area contributed by atoms with Crippen molar-refractivity contribution in [2.24, 2.45) is 5.73 Å². The van der Waals surface area contributed by atoms with Gasteiger partial charge in [-0.2, -0.15) is 5.26 Å². The molecule has 1 atom stereocenters. The highest BCUT2D eigenvalue weighted by Crippen LogP contribution is 2.08. The second-order valence-corrected chi connectivity index (χ2v) is 2.00. The predicted octanol–water partition coefficient (Wildman–Crippen LogP) is 1.24. The summed E-state index contributed by atoms with van der Waals surface area (Å²) in [5.74, 6) is 0. The van der Waals surface area contributed by atoms with E-state index in [1.54, 1.807) is 13.0 Å². The van der Waals surface area contributed by atoms with Gasteiger partial charge in [-0.25, -0.2) is 0 Å². The number of halogens is 2. The Morgan fingerprint density at radius 3 is 2.25 bits per heavy atom. The largest absolute Gasteiger partial charge is 0.301 e. The van der Waals surface area contributed by atoms with Crippen LogP contribution in [0.15, 0.2) is 0 Å². The fourth-order valence-corrected chi connectivity index (χ4v) is 0.0791. The maximum Gasteiger partial charge on any atom is 0.178 e. The number of nitriles is 1. The molecular formula is C4H8Cl2N2. The monoisotopic (exact) mass is 154 g/mol. The number of hydrogen-bond acceptors (Lipinski definition) is 2. The van der Waals surface area contributed by atoms with Gasteiger partial charge in [-0.3, -0.25) is 0 Å². The van der Waals surface area contributed by atoms with Gasteiger partial charge >= 0.3 is 0 Å². The molecule has 0 saturated carbocycles. The van der Waals surface area contributed by atoms with Gasteiger partial charge in [0.2, 0.25) is 0 Å². The summed E-state index contributed by atoms with van der Waals surface area (Å²) in [5.41, 5.74) is 5.12. The van der Waals surface area contributed by atoms with Crippen LogP contribution in [0, 0.1) is 11.3 Å². The lowest BCUT2D eigenvalue weighted by Gasteiger charge is -2.05. The van der Waals surface area contributed by atoms with Crippen LogP contribution in [0.2, 0.25) is 0 Å². The lowest BCUT2D eigenvalue weighted by Crippen LogP contribution is -2.29. The van der Waals surface area contributed by atoms with Crippen LogP contribution in [0.4, 0.5) is 0 Å². The molecule has 4 heteroatoms. The lowest BCUT2D eigenvalue weighted by atomic mass is 10.3. The number of alkyl halides is 1. The summed E-state index contributed by atoms with van der Waals surface area (Å²) < 4.78 is 0. The van der Waals surface area contributed by atoms with Gasteiger partial charge < -0.3 is 5.73 Å².